The molecule has 0 spiro atoms. The summed E-state index contributed by atoms with van der Waals surface area (Å²) in [5.74, 6) is 0.605. The van der Waals surface area contributed by atoms with Crippen LogP contribution >= 0.6 is 0 Å². The summed E-state index contributed by atoms with van der Waals surface area (Å²) in [6.07, 6.45) is 0. The second kappa shape index (κ2) is 5.89. The standard InChI is InChI=1S/C19H18N2O3/c1-10(2)12-4-6-13(7-5-12)16-14(9-20)18(21)24-15-8-11(3)23-19(22)17(15)16/h4-8,10,16H,21H2,1-3H3/t16-/m1/s1. The minimum absolute atomic E-state index is 0.0212. The number of fused-ring (bicyclic) bond motifs is 1. The van der Waals surface area contributed by atoms with Gasteiger partial charge in [0.1, 0.15) is 23.2 Å². The van der Waals surface area contributed by atoms with Crippen molar-refractivity contribution in [2.75, 3.05) is 0 Å². The molecule has 1 aliphatic rings. The quantitative estimate of drug-likeness (QED) is 0.916. The van der Waals surface area contributed by atoms with Crippen LogP contribution in [0.2, 0.25) is 0 Å². The van der Waals surface area contributed by atoms with Crippen LogP contribution in [0, 0.1) is 18.3 Å². The van der Waals surface area contributed by atoms with Crippen LogP contribution < -0.4 is 16.1 Å². The number of hydrogen-bond acceptors (Lipinski definition) is 5. The molecule has 1 atom stereocenters. The van der Waals surface area contributed by atoms with Gasteiger partial charge in [0.2, 0.25) is 5.88 Å². The van der Waals surface area contributed by atoms with Gasteiger partial charge in [-0.2, -0.15) is 5.26 Å². The van der Waals surface area contributed by atoms with Crippen LogP contribution in [-0.4, -0.2) is 0 Å². The highest BCUT2D eigenvalue weighted by atomic mass is 16.5. The van der Waals surface area contributed by atoms with Gasteiger partial charge in [-0.05, 0) is 24.0 Å². The van der Waals surface area contributed by atoms with Crippen molar-refractivity contribution in [3.05, 3.63) is 74.7 Å². The molecule has 2 aromatic rings. The number of nitrogens with two attached hydrogens (primary N) is 1. The highest BCUT2D eigenvalue weighted by Gasteiger charge is 2.34. The Morgan fingerprint density at radius 3 is 2.50 bits per heavy atom. The van der Waals surface area contributed by atoms with Gasteiger partial charge in [-0.3, -0.25) is 0 Å². The van der Waals surface area contributed by atoms with Crippen molar-refractivity contribution in [3.8, 4) is 11.8 Å². The molecule has 5 heteroatoms. The van der Waals surface area contributed by atoms with E-state index in [0.29, 0.717) is 23.0 Å². The second-order valence-electron chi connectivity index (χ2n) is 6.17. The molecule has 24 heavy (non-hydrogen) atoms. The summed E-state index contributed by atoms with van der Waals surface area (Å²) in [4.78, 5) is 12.4. The molecule has 122 valence electrons. The fourth-order valence-electron chi connectivity index (χ4n) is 2.92. The Labute approximate surface area is 140 Å². The van der Waals surface area contributed by atoms with E-state index in [9.17, 15) is 10.1 Å². The Morgan fingerprint density at radius 2 is 1.92 bits per heavy atom. The average molecular weight is 322 g/mol. The number of ether oxygens (including phenoxy) is 1. The number of hydrogen-bond donors (Lipinski definition) is 1. The van der Waals surface area contributed by atoms with Crippen molar-refractivity contribution >= 4 is 0 Å². The number of allylic oxidation sites excluding steroid dienone is 1. The maximum absolute atomic E-state index is 12.4. The number of rotatable bonds is 2. The molecular formula is C19H18N2O3. The SMILES string of the molecule is Cc1cc2c(c(=O)o1)[C@H](c1ccc(C(C)C)cc1)C(C#N)=C(N)O2. The molecule has 0 unspecified atom stereocenters. The van der Waals surface area contributed by atoms with E-state index >= 15 is 0 Å². The normalized spacial score (nSPS) is 16.5. The molecule has 5 nitrogen and oxygen atoms in total. The van der Waals surface area contributed by atoms with Crippen molar-refractivity contribution < 1.29 is 9.15 Å². The third-order valence-electron chi connectivity index (χ3n) is 4.19. The second-order valence-corrected chi connectivity index (χ2v) is 6.17. The molecule has 0 bridgehead atoms. The molecular weight excluding hydrogens is 304 g/mol. The molecule has 0 saturated heterocycles. The molecule has 1 aliphatic heterocycles. The minimum atomic E-state index is -0.586. The molecule has 1 aromatic heterocycles. The Morgan fingerprint density at radius 1 is 1.25 bits per heavy atom. The van der Waals surface area contributed by atoms with Crippen molar-refractivity contribution in [2.24, 2.45) is 5.73 Å². The minimum Gasteiger partial charge on any atom is -0.440 e. The summed E-state index contributed by atoms with van der Waals surface area (Å²) < 4.78 is 10.7. The van der Waals surface area contributed by atoms with Crippen LogP contribution in [-0.2, 0) is 0 Å². The summed E-state index contributed by atoms with van der Waals surface area (Å²) in [6.45, 7) is 5.88. The molecule has 0 radical (unpaired) electrons. The van der Waals surface area contributed by atoms with Crippen molar-refractivity contribution in [1.29, 1.82) is 5.26 Å². The Hall–Kier alpha value is -3.00. The Kier molecular flexibility index (Phi) is 3.90. The number of nitrogens with zero attached hydrogens (tertiary/aromatic N) is 1. The molecule has 0 aliphatic carbocycles. The first-order valence-electron chi connectivity index (χ1n) is 7.74. The maximum Gasteiger partial charge on any atom is 0.343 e. The lowest BCUT2D eigenvalue weighted by atomic mass is 9.83. The number of aryl methyl sites for hydroxylation is 1. The Bertz CT molecular complexity index is 915. The molecule has 1 aromatic carbocycles. The van der Waals surface area contributed by atoms with E-state index in [4.69, 9.17) is 14.9 Å². The lowest BCUT2D eigenvalue weighted by Gasteiger charge is -2.25. The number of nitriles is 1. The van der Waals surface area contributed by atoms with Gasteiger partial charge in [0.25, 0.3) is 0 Å². The summed E-state index contributed by atoms with van der Waals surface area (Å²) in [7, 11) is 0. The summed E-state index contributed by atoms with van der Waals surface area (Å²) in [5.41, 5.74) is 7.91. The van der Waals surface area contributed by atoms with Gasteiger partial charge in [0.15, 0.2) is 0 Å². The van der Waals surface area contributed by atoms with Crippen LogP contribution in [0.4, 0.5) is 0 Å². The zero-order valence-electron chi connectivity index (χ0n) is 13.8. The van der Waals surface area contributed by atoms with E-state index in [1.807, 2.05) is 24.3 Å². The van der Waals surface area contributed by atoms with Gasteiger partial charge < -0.3 is 14.9 Å². The third-order valence-corrected chi connectivity index (χ3v) is 4.19. The van der Waals surface area contributed by atoms with Gasteiger partial charge in [0.05, 0.1) is 11.5 Å². The first-order chi connectivity index (χ1) is 11.4. The first-order valence-corrected chi connectivity index (χ1v) is 7.74. The van der Waals surface area contributed by atoms with E-state index in [-0.39, 0.29) is 11.5 Å². The largest absolute Gasteiger partial charge is 0.440 e. The van der Waals surface area contributed by atoms with E-state index in [1.165, 1.54) is 5.56 Å². The predicted molar refractivity (Wildman–Crippen MR) is 89.5 cm³/mol. The van der Waals surface area contributed by atoms with Gasteiger partial charge in [-0.25, -0.2) is 4.79 Å². The average Bonchev–Trinajstić information content (AvgIpc) is 2.53. The van der Waals surface area contributed by atoms with E-state index < -0.39 is 11.5 Å². The zero-order chi connectivity index (χ0) is 17.4. The highest BCUT2D eigenvalue weighted by molar-refractivity contribution is 5.54. The van der Waals surface area contributed by atoms with Crippen LogP contribution in [0.1, 0.15) is 48.1 Å². The van der Waals surface area contributed by atoms with Crippen molar-refractivity contribution in [1.82, 2.24) is 0 Å². The maximum atomic E-state index is 12.4. The predicted octanol–water partition coefficient (Wildman–Crippen LogP) is 3.29. The topological polar surface area (TPSA) is 89.2 Å². The van der Waals surface area contributed by atoms with Crippen molar-refractivity contribution in [3.63, 3.8) is 0 Å². The summed E-state index contributed by atoms with van der Waals surface area (Å²) in [5, 5.41) is 9.51. The van der Waals surface area contributed by atoms with Gasteiger partial charge in [-0.15, -0.1) is 0 Å². The first kappa shape index (κ1) is 15.9. The Balaban J connectivity index is 2.22. The summed E-state index contributed by atoms with van der Waals surface area (Å²) >= 11 is 0. The van der Waals surface area contributed by atoms with Crippen LogP contribution in [0.5, 0.6) is 5.75 Å². The van der Waals surface area contributed by atoms with Gasteiger partial charge in [0, 0.05) is 6.07 Å². The number of benzene rings is 1. The van der Waals surface area contributed by atoms with Crippen LogP contribution in [0.15, 0.2) is 51.0 Å². The third kappa shape index (κ3) is 2.56. The molecule has 0 amide bonds. The lowest BCUT2D eigenvalue weighted by molar-refractivity contribution is 0.371. The highest BCUT2D eigenvalue weighted by Crippen LogP contribution is 2.40. The van der Waals surface area contributed by atoms with Crippen molar-refractivity contribution in [2.45, 2.75) is 32.6 Å². The van der Waals surface area contributed by atoms with Gasteiger partial charge in [-0.1, -0.05) is 38.1 Å². The van der Waals surface area contributed by atoms with E-state index in [0.717, 1.165) is 5.56 Å². The zero-order valence-corrected chi connectivity index (χ0v) is 13.8. The monoisotopic (exact) mass is 322 g/mol. The molecule has 2 heterocycles. The molecule has 2 N–H and O–H groups in total. The molecule has 0 saturated carbocycles. The van der Waals surface area contributed by atoms with Crippen LogP contribution in [0.25, 0.3) is 0 Å². The fourth-order valence-corrected chi connectivity index (χ4v) is 2.92. The van der Waals surface area contributed by atoms with E-state index in [1.54, 1.807) is 13.0 Å². The fraction of sp³-hybridized carbons (Fsp3) is 0.263. The smallest absolute Gasteiger partial charge is 0.343 e. The van der Waals surface area contributed by atoms with Crippen LogP contribution in [0.3, 0.4) is 0 Å². The van der Waals surface area contributed by atoms with E-state index in [2.05, 4.69) is 19.9 Å². The summed E-state index contributed by atoms with van der Waals surface area (Å²) in [6, 6.07) is 11.5. The molecule has 0 fully saturated rings. The lowest BCUT2D eigenvalue weighted by Crippen LogP contribution is -2.26. The molecule has 3 rings (SSSR count). The van der Waals surface area contributed by atoms with Gasteiger partial charge >= 0.3 is 5.63 Å².